The average Bonchev–Trinajstić information content (AvgIpc) is 3.34. The third kappa shape index (κ3) is 54.4. The van der Waals surface area contributed by atoms with E-state index in [2.05, 4.69) is 98.9 Å². The van der Waals surface area contributed by atoms with Gasteiger partial charge in [0.1, 0.15) is 6.61 Å². The first-order chi connectivity index (χ1) is 33.8. The maximum Gasteiger partial charge on any atom is 0.472 e. The van der Waals surface area contributed by atoms with E-state index >= 15 is 0 Å². The van der Waals surface area contributed by atoms with E-state index in [0.717, 1.165) is 83.5 Å². The highest BCUT2D eigenvalue weighted by Gasteiger charge is 2.26. The summed E-state index contributed by atoms with van der Waals surface area (Å²) in [7, 11) is -4.39. The van der Waals surface area contributed by atoms with Gasteiger partial charge >= 0.3 is 19.8 Å². The van der Waals surface area contributed by atoms with Crippen molar-refractivity contribution in [3.63, 3.8) is 0 Å². The Hall–Kier alpha value is -2.81. The van der Waals surface area contributed by atoms with Crippen LogP contribution in [0, 0.1) is 0 Å². The second-order valence-corrected chi connectivity index (χ2v) is 19.9. The molecule has 3 N–H and O–H groups in total. The number of hydrogen-bond acceptors (Lipinski definition) is 8. The molecule has 10 heteroatoms. The summed E-state index contributed by atoms with van der Waals surface area (Å²) in [5.74, 6) is -0.839. The topological polar surface area (TPSA) is 134 Å². The molecular formula is C59H104NO8P. The van der Waals surface area contributed by atoms with Gasteiger partial charge in [0.15, 0.2) is 6.10 Å². The molecule has 0 spiro atoms. The predicted octanol–water partition coefficient (Wildman–Crippen LogP) is 17.5. The van der Waals surface area contributed by atoms with E-state index < -0.39 is 26.5 Å². The van der Waals surface area contributed by atoms with E-state index in [1.165, 1.54) is 128 Å². The van der Waals surface area contributed by atoms with E-state index in [-0.39, 0.29) is 38.6 Å². The van der Waals surface area contributed by atoms with Gasteiger partial charge in [0.2, 0.25) is 0 Å². The molecule has 0 saturated carbocycles. The van der Waals surface area contributed by atoms with E-state index in [1.807, 2.05) is 0 Å². The van der Waals surface area contributed by atoms with Crippen LogP contribution in [0.5, 0.6) is 0 Å². The lowest BCUT2D eigenvalue weighted by Crippen LogP contribution is -2.29. The monoisotopic (exact) mass is 986 g/mol. The standard InChI is InChI=1S/C59H104NO8P/c1-3-5-7-9-11-13-15-17-19-21-23-25-26-27-28-29-30-32-33-35-37-39-41-43-45-47-49-51-58(61)65-55-57(56-67-69(63,64)66-54-53-60)68-59(62)52-50-48-46-44-42-40-38-36-34-31-24-22-20-18-16-14-12-10-8-6-4-2/h6,8,12,14-15,17-18,20-21,23-24,26-27,31,57H,3-5,7,9-11,13,16,19,22,25,28-30,32-56,60H2,1-2H3,(H,63,64)/b8-6-,14-12-,17-15-,20-18-,23-21-,27-26-,31-24-. The molecule has 2 unspecified atom stereocenters. The molecule has 0 heterocycles. The van der Waals surface area contributed by atoms with Crippen molar-refractivity contribution in [2.24, 2.45) is 5.73 Å². The van der Waals surface area contributed by atoms with Crippen molar-refractivity contribution in [3.05, 3.63) is 85.1 Å². The number of carbonyl (C=O) groups excluding carboxylic acids is 2. The highest BCUT2D eigenvalue weighted by molar-refractivity contribution is 7.47. The molecular weight excluding hydrogens is 882 g/mol. The Morgan fingerprint density at radius 1 is 0.449 bits per heavy atom. The number of rotatable bonds is 52. The van der Waals surface area contributed by atoms with Gasteiger partial charge in [0, 0.05) is 19.4 Å². The molecule has 0 aromatic rings. The third-order valence-electron chi connectivity index (χ3n) is 11.8. The van der Waals surface area contributed by atoms with Crippen LogP contribution < -0.4 is 5.73 Å². The summed E-state index contributed by atoms with van der Waals surface area (Å²) in [6.07, 6.45) is 70.5. The maximum atomic E-state index is 12.7. The van der Waals surface area contributed by atoms with Crippen molar-refractivity contribution < 1.29 is 37.6 Å². The maximum absolute atomic E-state index is 12.7. The van der Waals surface area contributed by atoms with E-state index in [1.54, 1.807) is 0 Å². The normalized spacial score (nSPS) is 13.7. The molecule has 0 rings (SSSR count). The first kappa shape index (κ1) is 66.2. The second-order valence-electron chi connectivity index (χ2n) is 18.4. The Morgan fingerprint density at radius 3 is 1.19 bits per heavy atom. The number of carbonyl (C=O) groups is 2. The van der Waals surface area contributed by atoms with Crippen molar-refractivity contribution >= 4 is 19.8 Å². The smallest absolute Gasteiger partial charge is 0.462 e. The minimum absolute atomic E-state index is 0.0481. The zero-order valence-electron chi connectivity index (χ0n) is 44.3. The number of phosphoric acid groups is 1. The molecule has 0 aliphatic heterocycles. The molecule has 0 bridgehead atoms. The molecule has 0 fully saturated rings. The Kier molecular flexibility index (Phi) is 52.3. The molecule has 0 saturated heterocycles. The molecule has 0 radical (unpaired) electrons. The van der Waals surface area contributed by atoms with Crippen LogP contribution in [0.4, 0.5) is 0 Å². The van der Waals surface area contributed by atoms with Crippen molar-refractivity contribution in [3.8, 4) is 0 Å². The van der Waals surface area contributed by atoms with Gasteiger partial charge in [-0.05, 0) is 89.9 Å². The summed E-state index contributed by atoms with van der Waals surface area (Å²) in [6, 6.07) is 0. The first-order valence-electron chi connectivity index (χ1n) is 28.1. The van der Waals surface area contributed by atoms with E-state index in [0.29, 0.717) is 6.42 Å². The Balaban J connectivity index is 4.01. The fourth-order valence-electron chi connectivity index (χ4n) is 7.63. The Labute approximate surface area is 424 Å². The van der Waals surface area contributed by atoms with Crippen molar-refractivity contribution in [2.75, 3.05) is 26.4 Å². The number of allylic oxidation sites excluding steroid dienone is 14. The summed E-state index contributed by atoms with van der Waals surface area (Å²) in [5.41, 5.74) is 5.38. The largest absolute Gasteiger partial charge is 0.472 e. The number of phosphoric ester groups is 1. The van der Waals surface area contributed by atoms with Gasteiger partial charge in [-0.1, -0.05) is 227 Å². The molecule has 398 valence electrons. The zero-order valence-corrected chi connectivity index (χ0v) is 45.2. The van der Waals surface area contributed by atoms with Crippen LogP contribution in [0.25, 0.3) is 0 Å². The quantitative estimate of drug-likeness (QED) is 0.0264. The highest BCUT2D eigenvalue weighted by atomic mass is 31.2. The fourth-order valence-corrected chi connectivity index (χ4v) is 8.40. The molecule has 2 atom stereocenters. The minimum atomic E-state index is -4.39. The number of esters is 2. The van der Waals surface area contributed by atoms with Gasteiger partial charge in [-0.2, -0.15) is 0 Å². The molecule has 69 heavy (non-hydrogen) atoms. The van der Waals surface area contributed by atoms with Crippen LogP contribution in [0.2, 0.25) is 0 Å². The van der Waals surface area contributed by atoms with Crippen molar-refractivity contribution in [1.82, 2.24) is 0 Å². The van der Waals surface area contributed by atoms with Crippen molar-refractivity contribution in [2.45, 2.75) is 251 Å². The van der Waals surface area contributed by atoms with Gasteiger partial charge in [0.25, 0.3) is 0 Å². The third-order valence-corrected chi connectivity index (χ3v) is 12.7. The summed E-state index contributed by atoms with van der Waals surface area (Å²) >= 11 is 0. The Bertz CT molecular complexity index is 1400. The lowest BCUT2D eigenvalue weighted by molar-refractivity contribution is -0.161. The second kappa shape index (κ2) is 54.5. The molecule has 0 aromatic carbocycles. The average molecular weight is 986 g/mol. The molecule has 0 aliphatic carbocycles. The molecule has 0 amide bonds. The van der Waals surface area contributed by atoms with Gasteiger partial charge < -0.3 is 20.1 Å². The lowest BCUT2D eigenvalue weighted by atomic mass is 10.0. The van der Waals surface area contributed by atoms with Crippen LogP contribution in [-0.4, -0.2) is 49.3 Å². The van der Waals surface area contributed by atoms with Gasteiger partial charge in [-0.3, -0.25) is 18.6 Å². The molecule has 9 nitrogen and oxygen atoms in total. The summed E-state index contributed by atoms with van der Waals surface area (Å²) in [5, 5.41) is 0. The van der Waals surface area contributed by atoms with Gasteiger partial charge in [-0.15, -0.1) is 0 Å². The zero-order chi connectivity index (χ0) is 50.2. The SMILES string of the molecule is CC/C=C\C/C=C\C/C=C\C/C=C\CCCCCCCCCCC(=O)OC(COC(=O)CCCCCCCCCCCCCC/C=C\C/C=C\C/C=C\CCCCCCC)COP(=O)(O)OCCN. The van der Waals surface area contributed by atoms with Crippen LogP contribution in [0.3, 0.4) is 0 Å². The van der Waals surface area contributed by atoms with Crippen LogP contribution >= 0.6 is 7.82 Å². The number of nitrogens with two attached hydrogens (primary N) is 1. The fraction of sp³-hybridized carbons (Fsp3) is 0.729. The first-order valence-corrected chi connectivity index (χ1v) is 29.6. The van der Waals surface area contributed by atoms with Crippen LogP contribution in [-0.2, 0) is 32.7 Å². The number of unbranched alkanes of at least 4 members (excludes halogenated alkanes) is 25. The number of ether oxygens (including phenoxy) is 2. The molecule has 0 aliphatic rings. The van der Waals surface area contributed by atoms with Crippen LogP contribution in [0.1, 0.15) is 245 Å². The van der Waals surface area contributed by atoms with Gasteiger partial charge in [-0.25, -0.2) is 4.57 Å². The molecule has 0 aromatic heterocycles. The lowest BCUT2D eigenvalue weighted by Gasteiger charge is -2.19. The summed E-state index contributed by atoms with van der Waals surface area (Å²) < 4.78 is 33.0. The minimum Gasteiger partial charge on any atom is -0.462 e. The van der Waals surface area contributed by atoms with Crippen molar-refractivity contribution in [1.29, 1.82) is 0 Å². The summed E-state index contributed by atoms with van der Waals surface area (Å²) in [6.45, 7) is 3.62. The predicted molar refractivity (Wildman–Crippen MR) is 293 cm³/mol. The number of hydrogen-bond donors (Lipinski definition) is 2. The van der Waals surface area contributed by atoms with E-state index in [4.69, 9.17) is 24.3 Å². The van der Waals surface area contributed by atoms with Crippen LogP contribution in [0.15, 0.2) is 85.1 Å². The van der Waals surface area contributed by atoms with E-state index in [9.17, 15) is 19.0 Å². The summed E-state index contributed by atoms with van der Waals surface area (Å²) in [4.78, 5) is 35.2. The Morgan fingerprint density at radius 2 is 0.797 bits per heavy atom. The highest BCUT2D eigenvalue weighted by Crippen LogP contribution is 2.43. The van der Waals surface area contributed by atoms with Gasteiger partial charge in [0.05, 0.1) is 13.2 Å².